The number of nitrogens with one attached hydrogen (secondary N) is 2. The summed E-state index contributed by atoms with van der Waals surface area (Å²) in [5.41, 5.74) is -1.04. The van der Waals surface area contributed by atoms with Gasteiger partial charge in [0.05, 0.1) is 19.0 Å². The fourth-order valence-electron chi connectivity index (χ4n) is 5.36. The largest absolute Gasteiger partial charge is 0.502 e. The lowest BCUT2D eigenvalue weighted by Crippen LogP contribution is -2.58. The van der Waals surface area contributed by atoms with Crippen LogP contribution in [0.5, 0.6) is 5.75 Å². The van der Waals surface area contributed by atoms with E-state index < -0.39 is 28.6 Å². The first-order chi connectivity index (χ1) is 18.0. The van der Waals surface area contributed by atoms with Crippen LogP contribution in [0.1, 0.15) is 71.5 Å². The highest BCUT2D eigenvalue weighted by Crippen LogP contribution is 2.31. The van der Waals surface area contributed by atoms with Gasteiger partial charge in [0.1, 0.15) is 18.1 Å². The lowest BCUT2D eigenvalue weighted by molar-refractivity contribution is -0.156. The Balaban J connectivity index is 1.58. The molecule has 1 saturated heterocycles. The molecule has 212 valence electrons. The molecule has 2 heterocycles. The third-order valence-electron chi connectivity index (χ3n) is 7.63. The molecule has 0 spiro atoms. The first kappa shape index (κ1) is 29.6. The van der Waals surface area contributed by atoms with E-state index >= 15 is 0 Å². The molecular formula is C27H42N4O7. The third-order valence-corrected chi connectivity index (χ3v) is 7.63. The van der Waals surface area contributed by atoms with Crippen LogP contribution in [-0.4, -0.2) is 70.2 Å². The zero-order valence-electron chi connectivity index (χ0n) is 22.6. The average Bonchev–Trinajstić information content (AvgIpc) is 3.39. The van der Waals surface area contributed by atoms with Gasteiger partial charge in [0, 0.05) is 25.2 Å². The highest BCUT2D eigenvalue weighted by Gasteiger charge is 2.38. The van der Waals surface area contributed by atoms with E-state index in [0.29, 0.717) is 62.0 Å². The Morgan fingerprint density at radius 2 is 1.87 bits per heavy atom. The predicted molar refractivity (Wildman–Crippen MR) is 139 cm³/mol. The molecule has 1 aromatic rings. The number of hydrogen-bond acceptors (Lipinski definition) is 8. The predicted octanol–water partition coefficient (Wildman–Crippen LogP) is 2.00. The number of likely N-dealkylation sites (tertiary alicyclic amines) is 1. The van der Waals surface area contributed by atoms with E-state index in [2.05, 4.69) is 10.6 Å². The minimum absolute atomic E-state index is 0.102. The Morgan fingerprint density at radius 3 is 2.45 bits per heavy atom. The number of hydrogen-bond donors (Lipinski definition) is 4. The number of hydroxylamine groups is 2. The lowest BCUT2D eigenvalue weighted by Gasteiger charge is -2.39. The van der Waals surface area contributed by atoms with E-state index in [1.807, 2.05) is 20.8 Å². The van der Waals surface area contributed by atoms with Gasteiger partial charge in [-0.15, -0.1) is 0 Å². The van der Waals surface area contributed by atoms with Crippen molar-refractivity contribution in [2.24, 2.45) is 17.3 Å². The number of piperidine rings is 1. The van der Waals surface area contributed by atoms with E-state index in [1.165, 1.54) is 6.07 Å². The van der Waals surface area contributed by atoms with Crippen LogP contribution < -0.4 is 16.1 Å². The van der Waals surface area contributed by atoms with Crippen molar-refractivity contribution in [3.8, 4) is 5.75 Å². The smallest absolute Gasteiger partial charge is 0.245 e. The summed E-state index contributed by atoms with van der Waals surface area (Å²) in [6, 6.07) is 0.624. The number of carbonyl (C=O) groups is 3. The maximum absolute atomic E-state index is 13.6. The van der Waals surface area contributed by atoms with Gasteiger partial charge >= 0.3 is 0 Å². The molecule has 38 heavy (non-hydrogen) atoms. The molecule has 11 nitrogen and oxygen atoms in total. The Bertz CT molecular complexity index is 1010. The molecule has 0 unspecified atom stereocenters. The highest BCUT2D eigenvalue weighted by atomic mass is 16.5. The maximum Gasteiger partial charge on any atom is 0.245 e. The van der Waals surface area contributed by atoms with E-state index in [9.17, 15) is 29.5 Å². The van der Waals surface area contributed by atoms with Crippen molar-refractivity contribution in [2.45, 2.75) is 84.3 Å². The van der Waals surface area contributed by atoms with Crippen molar-refractivity contribution in [1.82, 2.24) is 20.6 Å². The Kier molecular flexibility index (Phi) is 10.3. The normalized spacial score (nSPS) is 18.7. The zero-order chi connectivity index (χ0) is 27.9. The SMILES string of the molecule is CC(C)(C)[C@H](NC(=O)[C@H](CC1CCCC1)CN(O)C=O)C(=O)N1CCC(NCc2cc(=O)c(O)co2)CC1. The summed E-state index contributed by atoms with van der Waals surface area (Å²) in [5, 5.41) is 25.9. The number of rotatable bonds is 11. The molecule has 1 aliphatic heterocycles. The third kappa shape index (κ3) is 8.29. The Morgan fingerprint density at radius 1 is 1.21 bits per heavy atom. The van der Waals surface area contributed by atoms with Crippen LogP contribution in [0.3, 0.4) is 0 Å². The summed E-state index contributed by atoms with van der Waals surface area (Å²) in [7, 11) is 0. The molecule has 11 heteroatoms. The fraction of sp³-hybridized carbons (Fsp3) is 0.704. The van der Waals surface area contributed by atoms with Crippen LogP contribution in [0.2, 0.25) is 0 Å². The van der Waals surface area contributed by atoms with E-state index in [-0.39, 0.29) is 24.4 Å². The van der Waals surface area contributed by atoms with E-state index in [0.717, 1.165) is 31.9 Å². The summed E-state index contributed by atoms with van der Waals surface area (Å²) in [6.07, 6.45) is 7.58. The van der Waals surface area contributed by atoms with Crippen LogP contribution in [-0.2, 0) is 20.9 Å². The topological polar surface area (TPSA) is 152 Å². The van der Waals surface area contributed by atoms with Gasteiger partial charge in [0.2, 0.25) is 23.7 Å². The quantitative estimate of drug-likeness (QED) is 0.191. The van der Waals surface area contributed by atoms with Crippen LogP contribution in [0.25, 0.3) is 0 Å². The minimum Gasteiger partial charge on any atom is -0.502 e. The fourth-order valence-corrected chi connectivity index (χ4v) is 5.36. The van der Waals surface area contributed by atoms with Crippen molar-refractivity contribution < 1.29 is 29.1 Å². The summed E-state index contributed by atoms with van der Waals surface area (Å²) in [4.78, 5) is 51.3. The van der Waals surface area contributed by atoms with Crippen LogP contribution in [0.15, 0.2) is 21.5 Å². The Labute approximate surface area is 223 Å². The monoisotopic (exact) mass is 534 g/mol. The molecule has 2 atom stereocenters. The van der Waals surface area contributed by atoms with Gasteiger partial charge in [0.25, 0.3) is 0 Å². The van der Waals surface area contributed by atoms with E-state index in [4.69, 9.17) is 4.42 Å². The van der Waals surface area contributed by atoms with Crippen molar-refractivity contribution in [3.05, 3.63) is 28.3 Å². The van der Waals surface area contributed by atoms with Gasteiger partial charge in [-0.1, -0.05) is 46.5 Å². The highest BCUT2D eigenvalue weighted by molar-refractivity contribution is 5.89. The van der Waals surface area contributed by atoms with Crippen molar-refractivity contribution in [1.29, 1.82) is 0 Å². The summed E-state index contributed by atoms with van der Waals surface area (Å²) < 4.78 is 5.23. The number of carbonyl (C=O) groups excluding carboxylic acids is 3. The molecule has 1 saturated carbocycles. The molecule has 0 radical (unpaired) electrons. The molecular weight excluding hydrogens is 492 g/mol. The van der Waals surface area contributed by atoms with Crippen molar-refractivity contribution >= 4 is 18.2 Å². The number of nitrogens with zero attached hydrogens (tertiary/aromatic N) is 2. The molecule has 2 aliphatic rings. The van der Waals surface area contributed by atoms with Crippen LogP contribution in [0.4, 0.5) is 0 Å². The van der Waals surface area contributed by atoms with Gasteiger partial charge in [-0.05, 0) is 30.6 Å². The zero-order valence-corrected chi connectivity index (χ0v) is 22.6. The van der Waals surface area contributed by atoms with Gasteiger partial charge in [0.15, 0.2) is 5.75 Å². The molecule has 0 bridgehead atoms. The molecule has 3 rings (SSSR count). The lowest BCUT2D eigenvalue weighted by atomic mass is 9.84. The average molecular weight is 535 g/mol. The molecule has 1 aromatic heterocycles. The molecule has 0 aromatic carbocycles. The van der Waals surface area contributed by atoms with Crippen molar-refractivity contribution in [2.75, 3.05) is 19.6 Å². The second-order valence-corrected chi connectivity index (χ2v) is 11.7. The maximum atomic E-state index is 13.6. The second-order valence-electron chi connectivity index (χ2n) is 11.7. The molecule has 2 fully saturated rings. The van der Waals surface area contributed by atoms with Gasteiger partial charge < -0.3 is 25.1 Å². The number of aromatic hydroxyl groups is 1. The molecule has 3 amide bonds. The number of amides is 3. The standard InChI is InChI=1S/C27H42N4O7/c1-27(2,3)24(29-25(35)19(15-31(37)17-32)12-18-6-4-5-7-18)26(36)30-10-8-20(9-11-30)28-14-21-13-22(33)23(34)16-38-21/h13,16-20,24,28,34,37H,4-12,14-15H2,1-3H3,(H,29,35)/t19-,24-/m1/s1. The first-order valence-corrected chi connectivity index (χ1v) is 13.5. The van der Waals surface area contributed by atoms with Gasteiger partial charge in [-0.3, -0.25) is 24.4 Å². The van der Waals surface area contributed by atoms with Crippen LogP contribution >= 0.6 is 0 Å². The second kappa shape index (κ2) is 13.2. The summed E-state index contributed by atoms with van der Waals surface area (Å²) >= 11 is 0. The minimum atomic E-state index is -0.750. The molecule has 1 aliphatic carbocycles. The molecule has 4 N–H and O–H groups in total. The van der Waals surface area contributed by atoms with Gasteiger partial charge in [-0.25, -0.2) is 5.06 Å². The first-order valence-electron chi connectivity index (χ1n) is 13.5. The van der Waals surface area contributed by atoms with E-state index in [1.54, 1.807) is 4.90 Å². The summed E-state index contributed by atoms with van der Waals surface area (Å²) in [6.45, 7) is 6.98. The van der Waals surface area contributed by atoms with Gasteiger partial charge in [-0.2, -0.15) is 0 Å². The van der Waals surface area contributed by atoms with Crippen LogP contribution in [0, 0.1) is 17.3 Å². The summed E-state index contributed by atoms with van der Waals surface area (Å²) in [5.74, 6) is -0.701. The Hall–Kier alpha value is -2.92. The van der Waals surface area contributed by atoms with Crippen molar-refractivity contribution in [3.63, 3.8) is 0 Å².